The molecule has 0 aliphatic rings. The van der Waals surface area contributed by atoms with Gasteiger partial charge < -0.3 is 15.5 Å². The van der Waals surface area contributed by atoms with Crippen molar-refractivity contribution in [1.29, 1.82) is 0 Å². The van der Waals surface area contributed by atoms with Crippen molar-refractivity contribution in [3.8, 4) is 11.3 Å². The molecule has 0 saturated carbocycles. The maximum absolute atomic E-state index is 11.9. The summed E-state index contributed by atoms with van der Waals surface area (Å²) in [5.41, 5.74) is 6.87. The molecular weight excluding hydrogens is 272 g/mol. The number of nitrogens with zero attached hydrogens (tertiary/aromatic N) is 4. The van der Waals surface area contributed by atoms with Crippen molar-refractivity contribution in [3.05, 3.63) is 43.2 Å². The number of amides is 1. The minimum absolute atomic E-state index is 0.0384. The second-order valence-corrected chi connectivity index (χ2v) is 4.30. The van der Waals surface area contributed by atoms with Crippen LogP contribution in [0.25, 0.3) is 11.3 Å². The first-order chi connectivity index (χ1) is 10.2. The summed E-state index contributed by atoms with van der Waals surface area (Å²) in [6.45, 7) is 0.0384. The second-order valence-electron chi connectivity index (χ2n) is 4.30. The highest BCUT2D eigenvalue weighted by atomic mass is 16.3. The highest BCUT2D eigenvalue weighted by molar-refractivity contribution is 5.91. The van der Waals surface area contributed by atoms with Gasteiger partial charge in [-0.25, -0.2) is 14.6 Å². The first kappa shape index (κ1) is 12.9. The summed E-state index contributed by atoms with van der Waals surface area (Å²) in [5, 5.41) is 6.62. The van der Waals surface area contributed by atoms with Crippen LogP contribution in [0.5, 0.6) is 0 Å². The molecule has 106 valence electrons. The quantitative estimate of drug-likeness (QED) is 0.743. The number of anilines is 2. The standard InChI is InChI=1S/C13H12N6O2/c14-13-16-7-19(18-13)6-12(20)17-10-3-1-2-9(4-10)11-5-15-8-21-11/h1-5,7-8H,6H2,(H2,14,18)(H,17,20). The summed E-state index contributed by atoms with van der Waals surface area (Å²) in [6.07, 6.45) is 4.37. The predicted octanol–water partition coefficient (Wildman–Crippen LogP) is 1.15. The van der Waals surface area contributed by atoms with E-state index in [4.69, 9.17) is 10.2 Å². The number of hydrogen-bond donors (Lipinski definition) is 2. The third-order valence-corrected chi connectivity index (χ3v) is 2.72. The van der Waals surface area contributed by atoms with E-state index < -0.39 is 0 Å². The Kier molecular flexibility index (Phi) is 3.34. The number of nitrogens with one attached hydrogen (secondary N) is 1. The van der Waals surface area contributed by atoms with Crippen LogP contribution in [-0.2, 0) is 11.3 Å². The van der Waals surface area contributed by atoms with Gasteiger partial charge >= 0.3 is 0 Å². The minimum Gasteiger partial charge on any atom is -0.444 e. The number of nitrogens with two attached hydrogens (primary N) is 1. The number of aromatic nitrogens is 4. The van der Waals surface area contributed by atoms with Gasteiger partial charge in [0, 0.05) is 11.3 Å². The highest BCUT2D eigenvalue weighted by Gasteiger charge is 2.07. The van der Waals surface area contributed by atoms with Crippen LogP contribution < -0.4 is 11.1 Å². The smallest absolute Gasteiger partial charge is 0.246 e. The van der Waals surface area contributed by atoms with Crippen LogP contribution in [0, 0.1) is 0 Å². The Labute approximate surface area is 119 Å². The number of carbonyl (C=O) groups excluding carboxylic acids is 1. The van der Waals surface area contributed by atoms with Crippen LogP contribution in [0.2, 0.25) is 0 Å². The summed E-state index contributed by atoms with van der Waals surface area (Å²) in [4.78, 5) is 19.5. The molecule has 1 amide bonds. The molecule has 0 fully saturated rings. The fraction of sp³-hybridized carbons (Fsp3) is 0.0769. The van der Waals surface area contributed by atoms with Crippen LogP contribution >= 0.6 is 0 Å². The zero-order valence-electron chi connectivity index (χ0n) is 10.9. The Morgan fingerprint density at radius 1 is 1.43 bits per heavy atom. The molecule has 0 saturated heterocycles. The molecule has 8 nitrogen and oxygen atoms in total. The SMILES string of the molecule is Nc1ncn(CC(=O)Nc2cccc(-c3cnco3)c2)n1. The van der Waals surface area contributed by atoms with E-state index in [1.807, 2.05) is 12.1 Å². The Balaban J connectivity index is 1.70. The van der Waals surface area contributed by atoms with E-state index in [2.05, 4.69) is 20.4 Å². The van der Waals surface area contributed by atoms with Crippen molar-refractivity contribution in [2.45, 2.75) is 6.54 Å². The molecule has 3 N–H and O–H groups in total. The third kappa shape index (κ3) is 3.06. The second kappa shape index (κ2) is 5.45. The molecule has 2 aromatic heterocycles. The zero-order valence-corrected chi connectivity index (χ0v) is 10.9. The first-order valence-electron chi connectivity index (χ1n) is 6.14. The number of hydrogen-bond acceptors (Lipinski definition) is 6. The Morgan fingerprint density at radius 3 is 3.05 bits per heavy atom. The molecular formula is C13H12N6O2. The van der Waals surface area contributed by atoms with E-state index >= 15 is 0 Å². The largest absolute Gasteiger partial charge is 0.444 e. The summed E-state index contributed by atoms with van der Waals surface area (Å²) in [7, 11) is 0. The van der Waals surface area contributed by atoms with Gasteiger partial charge in [0.25, 0.3) is 0 Å². The average molecular weight is 284 g/mol. The molecule has 0 bridgehead atoms. The lowest BCUT2D eigenvalue weighted by Gasteiger charge is -2.06. The summed E-state index contributed by atoms with van der Waals surface area (Å²) in [5.74, 6) is 0.542. The monoisotopic (exact) mass is 284 g/mol. The molecule has 0 unspecified atom stereocenters. The van der Waals surface area contributed by atoms with Crippen LogP contribution in [-0.4, -0.2) is 25.7 Å². The Bertz CT molecular complexity index is 750. The first-order valence-corrected chi connectivity index (χ1v) is 6.14. The number of oxazole rings is 1. The summed E-state index contributed by atoms with van der Waals surface area (Å²) >= 11 is 0. The van der Waals surface area contributed by atoms with Crippen LogP contribution in [0.4, 0.5) is 11.6 Å². The zero-order chi connectivity index (χ0) is 14.7. The van der Waals surface area contributed by atoms with E-state index in [1.165, 1.54) is 17.4 Å². The molecule has 0 atom stereocenters. The molecule has 21 heavy (non-hydrogen) atoms. The normalized spacial score (nSPS) is 10.5. The van der Waals surface area contributed by atoms with Gasteiger partial charge in [-0.2, -0.15) is 0 Å². The number of rotatable bonds is 4. The topological polar surface area (TPSA) is 112 Å². The van der Waals surface area contributed by atoms with Crippen LogP contribution in [0.15, 0.2) is 47.6 Å². The molecule has 0 radical (unpaired) electrons. The molecule has 0 aliphatic heterocycles. The van der Waals surface area contributed by atoms with Crippen molar-refractivity contribution in [2.24, 2.45) is 0 Å². The van der Waals surface area contributed by atoms with Gasteiger partial charge in [-0.1, -0.05) is 12.1 Å². The number of benzene rings is 1. The van der Waals surface area contributed by atoms with Gasteiger partial charge in [-0.05, 0) is 12.1 Å². The fourth-order valence-electron chi connectivity index (χ4n) is 1.84. The van der Waals surface area contributed by atoms with Crippen molar-refractivity contribution >= 4 is 17.5 Å². The van der Waals surface area contributed by atoms with Gasteiger partial charge in [0.15, 0.2) is 12.2 Å². The van der Waals surface area contributed by atoms with E-state index in [1.54, 1.807) is 18.3 Å². The van der Waals surface area contributed by atoms with Crippen LogP contribution in [0.3, 0.4) is 0 Å². The molecule has 0 aliphatic carbocycles. The van der Waals surface area contributed by atoms with E-state index in [9.17, 15) is 4.79 Å². The lowest BCUT2D eigenvalue weighted by Crippen LogP contribution is -2.19. The molecule has 8 heteroatoms. The molecule has 0 spiro atoms. The summed E-state index contributed by atoms with van der Waals surface area (Å²) in [6, 6.07) is 7.27. The lowest BCUT2D eigenvalue weighted by atomic mass is 10.1. The van der Waals surface area contributed by atoms with Crippen molar-refractivity contribution < 1.29 is 9.21 Å². The van der Waals surface area contributed by atoms with E-state index in [0.29, 0.717) is 11.4 Å². The molecule has 1 aromatic carbocycles. The maximum Gasteiger partial charge on any atom is 0.246 e. The van der Waals surface area contributed by atoms with Crippen LogP contribution in [0.1, 0.15) is 0 Å². The molecule has 3 aromatic rings. The lowest BCUT2D eigenvalue weighted by molar-refractivity contribution is -0.116. The van der Waals surface area contributed by atoms with E-state index in [0.717, 1.165) is 5.56 Å². The third-order valence-electron chi connectivity index (χ3n) is 2.72. The van der Waals surface area contributed by atoms with Crippen molar-refractivity contribution in [2.75, 3.05) is 11.1 Å². The van der Waals surface area contributed by atoms with Crippen molar-refractivity contribution in [1.82, 2.24) is 19.7 Å². The molecule has 2 heterocycles. The molecule has 3 rings (SSSR count). The average Bonchev–Trinajstić information content (AvgIpc) is 3.11. The van der Waals surface area contributed by atoms with Gasteiger partial charge in [-0.3, -0.25) is 4.79 Å². The Morgan fingerprint density at radius 2 is 2.33 bits per heavy atom. The fourth-order valence-corrected chi connectivity index (χ4v) is 1.84. The summed E-state index contributed by atoms with van der Waals surface area (Å²) < 4.78 is 6.58. The van der Waals surface area contributed by atoms with Gasteiger partial charge in [0.1, 0.15) is 12.9 Å². The predicted molar refractivity (Wildman–Crippen MR) is 75.0 cm³/mol. The maximum atomic E-state index is 11.9. The highest BCUT2D eigenvalue weighted by Crippen LogP contribution is 2.21. The number of carbonyl (C=O) groups is 1. The van der Waals surface area contributed by atoms with Gasteiger partial charge in [0.05, 0.1) is 6.20 Å². The van der Waals surface area contributed by atoms with Gasteiger partial charge in [0.2, 0.25) is 11.9 Å². The minimum atomic E-state index is -0.227. The van der Waals surface area contributed by atoms with E-state index in [-0.39, 0.29) is 18.4 Å². The van der Waals surface area contributed by atoms with Gasteiger partial charge in [-0.15, -0.1) is 5.10 Å². The Hall–Kier alpha value is -3.16. The van der Waals surface area contributed by atoms with Crippen molar-refractivity contribution in [3.63, 3.8) is 0 Å². The number of nitrogen functional groups attached to an aromatic ring is 1.